The summed E-state index contributed by atoms with van der Waals surface area (Å²) >= 11 is 3.04. The van der Waals surface area contributed by atoms with Gasteiger partial charge in [-0.2, -0.15) is 5.26 Å². The molecule has 1 aromatic rings. The van der Waals surface area contributed by atoms with Crippen LogP contribution in [0.25, 0.3) is 0 Å². The highest BCUT2D eigenvalue weighted by Gasteiger charge is 2.33. The third-order valence-corrected chi connectivity index (χ3v) is 5.23. The summed E-state index contributed by atoms with van der Waals surface area (Å²) in [5.41, 5.74) is 1.42. The number of carbonyl (C=O) groups is 1. The van der Waals surface area contributed by atoms with Gasteiger partial charge >= 0.3 is 0 Å². The molecule has 7 heteroatoms. The Kier molecular flexibility index (Phi) is 6.55. The lowest BCUT2D eigenvalue weighted by molar-refractivity contribution is -0.128. The Balaban J connectivity index is 2.12. The average molecular weight is 337 g/mol. The molecule has 0 N–H and O–H groups in total. The predicted octanol–water partition coefficient (Wildman–Crippen LogP) is 2.68. The first-order valence-corrected chi connectivity index (χ1v) is 9.42. The summed E-state index contributed by atoms with van der Waals surface area (Å²) in [7, 11) is 0. The van der Waals surface area contributed by atoms with Crippen LogP contribution >= 0.6 is 23.5 Å². The maximum Gasteiger partial charge on any atom is 0.233 e. The first-order chi connectivity index (χ1) is 10.7. The molecule has 2 rings (SSSR count). The van der Waals surface area contributed by atoms with Crippen molar-refractivity contribution in [1.82, 2.24) is 9.88 Å². The number of aromatic nitrogens is 1. The highest BCUT2D eigenvalue weighted by atomic mass is 32.2. The lowest BCUT2D eigenvalue weighted by Crippen LogP contribution is -2.30. The van der Waals surface area contributed by atoms with Crippen molar-refractivity contribution in [1.29, 1.82) is 5.26 Å². The molecule has 0 radical (unpaired) electrons. The van der Waals surface area contributed by atoms with Crippen LogP contribution < -0.4 is 0 Å². The van der Waals surface area contributed by atoms with E-state index >= 15 is 0 Å². The summed E-state index contributed by atoms with van der Waals surface area (Å²) in [5.74, 6) is 0.624. The molecule has 2 heterocycles. The third-order valence-electron chi connectivity index (χ3n) is 3.31. The molecule has 1 fully saturated rings. The van der Waals surface area contributed by atoms with Crippen LogP contribution in [0.1, 0.15) is 30.0 Å². The minimum absolute atomic E-state index is 0.0623. The summed E-state index contributed by atoms with van der Waals surface area (Å²) in [4.78, 5) is 18.5. The molecule has 5 nitrogen and oxygen atoms in total. The Morgan fingerprint density at radius 2 is 2.41 bits per heavy atom. The zero-order valence-corrected chi connectivity index (χ0v) is 14.4. The zero-order chi connectivity index (χ0) is 15.9. The van der Waals surface area contributed by atoms with Gasteiger partial charge in [0.1, 0.15) is 16.5 Å². The topological polar surface area (TPSA) is 66.2 Å². The van der Waals surface area contributed by atoms with E-state index in [1.165, 1.54) is 11.8 Å². The van der Waals surface area contributed by atoms with Crippen molar-refractivity contribution in [3.05, 3.63) is 23.4 Å². The van der Waals surface area contributed by atoms with Gasteiger partial charge in [-0.15, -0.1) is 23.5 Å². The molecule has 0 aromatic carbocycles. The van der Waals surface area contributed by atoms with Crippen LogP contribution in [-0.4, -0.2) is 47.6 Å². The molecule has 1 atom stereocenters. The summed E-state index contributed by atoms with van der Waals surface area (Å²) in [6.07, 6.45) is 2.72. The van der Waals surface area contributed by atoms with Crippen molar-refractivity contribution in [2.75, 3.05) is 31.8 Å². The number of ether oxygens (including phenoxy) is 1. The smallest absolute Gasteiger partial charge is 0.233 e. The first kappa shape index (κ1) is 17.1. The van der Waals surface area contributed by atoms with Crippen molar-refractivity contribution < 1.29 is 9.53 Å². The van der Waals surface area contributed by atoms with Crippen molar-refractivity contribution >= 4 is 29.4 Å². The molecule has 1 aliphatic heterocycles. The predicted molar refractivity (Wildman–Crippen MR) is 88.8 cm³/mol. The van der Waals surface area contributed by atoms with Gasteiger partial charge < -0.3 is 9.64 Å². The van der Waals surface area contributed by atoms with Gasteiger partial charge in [-0.1, -0.05) is 0 Å². The van der Waals surface area contributed by atoms with E-state index in [9.17, 15) is 4.79 Å². The van der Waals surface area contributed by atoms with E-state index in [0.29, 0.717) is 36.1 Å². The number of hydrogen-bond acceptors (Lipinski definition) is 6. The SMILES string of the molecule is CCOCCCN1C(=O)CSC1c1ccc(C#N)c(SC)n1. The van der Waals surface area contributed by atoms with Crippen LogP contribution in [0.3, 0.4) is 0 Å². The quantitative estimate of drug-likeness (QED) is 0.563. The summed E-state index contributed by atoms with van der Waals surface area (Å²) in [6.45, 7) is 3.99. The van der Waals surface area contributed by atoms with Gasteiger partial charge in [-0.25, -0.2) is 4.98 Å². The van der Waals surface area contributed by atoms with Gasteiger partial charge in [-0.3, -0.25) is 4.79 Å². The normalized spacial score (nSPS) is 17.8. The van der Waals surface area contributed by atoms with Gasteiger partial charge in [-0.05, 0) is 31.7 Å². The second kappa shape index (κ2) is 8.42. The van der Waals surface area contributed by atoms with E-state index in [2.05, 4.69) is 11.1 Å². The van der Waals surface area contributed by atoms with Crippen LogP contribution in [-0.2, 0) is 9.53 Å². The van der Waals surface area contributed by atoms with E-state index in [-0.39, 0.29) is 11.3 Å². The van der Waals surface area contributed by atoms with Crippen LogP contribution in [0.5, 0.6) is 0 Å². The Bertz CT molecular complexity index is 574. The summed E-state index contributed by atoms with van der Waals surface area (Å²) in [5, 5.41) is 9.73. The molecule has 1 saturated heterocycles. The van der Waals surface area contributed by atoms with Crippen LogP contribution in [0, 0.1) is 11.3 Å². The average Bonchev–Trinajstić information content (AvgIpc) is 2.92. The second-order valence-corrected chi connectivity index (χ2v) is 6.57. The van der Waals surface area contributed by atoms with Gasteiger partial charge in [0.2, 0.25) is 5.91 Å². The highest BCUT2D eigenvalue weighted by molar-refractivity contribution is 8.00. The first-order valence-electron chi connectivity index (χ1n) is 7.15. The Morgan fingerprint density at radius 3 is 3.09 bits per heavy atom. The molecule has 22 heavy (non-hydrogen) atoms. The number of thioether (sulfide) groups is 2. The fourth-order valence-corrected chi connectivity index (χ4v) is 3.96. The number of pyridine rings is 1. The Labute approximate surface area is 139 Å². The molecule has 0 bridgehead atoms. The largest absolute Gasteiger partial charge is 0.382 e. The number of nitriles is 1. The van der Waals surface area contributed by atoms with Gasteiger partial charge in [0.25, 0.3) is 0 Å². The second-order valence-electron chi connectivity index (χ2n) is 4.71. The monoisotopic (exact) mass is 337 g/mol. The molecule has 1 aromatic heterocycles. The van der Waals surface area contributed by atoms with E-state index < -0.39 is 0 Å². The molecule has 0 aliphatic carbocycles. The number of carbonyl (C=O) groups excluding carboxylic acids is 1. The van der Waals surface area contributed by atoms with E-state index in [1.54, 1.807) is 17.8 Å². The van der Waals surface area contributed by atoms with Crippen molar-refractivity contribution in [2.45, 2.75) is 23.7 Å². The van der Waals surface area contributed by atoms with Crippen LogP contribution in [0.2, 0.25) is 0 Å². The molecule has 1 unspecified atom stereocenters. The number of hydrogen-bond donors (Lipinski definition) is 0. The van der Waals surface area contributed by atoms with E-state index in [1.807, 2.05) is 24.1 Å². The van der Waals surface area contributed by atoms with Crippen molar-refractivity contribution in [3.8, 4) is 6.07 Å². The summed E-state index contributed by atoms with van der Waals surface area (Å²) < 4.78 is 5.34. The summed E-state index contributed by atoms with van der Waals surface area (Å²) in [6, 6.07) is 5.78. The number of amides is 1. The fourth-order valence-electron chi connectivity index (χ4n) is 2.26. The molecule has 0 spiro atoms. The lowest BCUT2D eigenvalue weighted by Gasteiger charge is -2.23. The minimum atomic E-state index is -0.0623. The minimum Gasteiger partial charge on any atom is -0.382 e. The maximum atomic E-state index is 12.1. The third kappa shape index (κ3) is 3.94. The number of nitrogens with zero attached hydrogens (tertiary/aromatic N) is 3. The molecule has 1 aliphatic rings. The van der Waals surface area contributed by atoms with Crippen molar-refractivity contribution in [3.63, 3.8) is 0 Å². The van der Waals surface area contributed by atoms with Gasteiger partial charge in [0.15, 0.2) is 0 Å². The van der Waals surface area contributed by atoms with Crippen molar-refractivity contribution in [2.24, 2.45) is 0 Å². The fraction of sp³-hybridized carbons (Fsp3) is 0.533. The Hall–Kier alpha value is -1.23. The molecular weight excluding hydrogens is 318 g/mol. The molecule has 1 amide bonds. The Morgan fingerprint density at radius 1 is 1.59 bits per heavy atom. The van der Waals surface area contributed by atoms with Crippen LogP contribution in [0.15, 0.2) is 17.2 Å². The molecule has 118 valence electrons. The highest BCUT2D eigenvalue weighted by Crippen LogP contribution is 2.38. The zero-order valence-electron chi connectivity index (χ0n) is 12.7. The molecular formula is C15H19N3O2S2. The lowest BCUT2D eigenvalue weighted by atomic mass is 10.2. The van der Waals surface area contributed by atoms with Gasteiger partial charge in [0, 0.05) is 19.8 Å². The maximum absolute atomic E-state index is 12.1. The van der Waals surface area contributed by atoms with Crippen LogP contribution in [0.4, 0.5) is 0 Å². The number of rotatable bonds is 7. The van der Waals surface area contributed by atoms with E-state index in [0.717, 1.165) is 12.1 Å². The van der Waals surface area contributed by atoms with Gasteiger partial charge in [0.05, 0.1) is 17.0 Å². The molecule has 0 saturated carbocycles. The standard InChI is InChI=1S/C15H19N3O2S2/c1-3-20-8-4-7-18-13(19)10-22-15(18)12-6-5-11(9-16)14(17-12)21-2/h5-6,15H,3-4,7-8,10H2,1-2H3. The van der Waals surface area contributed by atoms with E-state index in [4.69, 9.17) is 10.00 Å².